The van der Waals surface area contributed by atoms with Crippen LogP contribution in [-0.2, 0) is 16.1 Å². The van der Waals surface area contributed by atoms with Gasteiger partial charge in [-0.15, -0.1) is 0 Å². The average molecular weight is 428 g/mol. The lowest BCUT2D eigenvalue weighted by molar-refractivity contribution is -0.134. The second-order valence-corrected chi connectivity index (χ2v) is 7.36. The number of likely N-dealkylation sites (N-methyl/N-ethyl adjacent to an activating group) is 1. The zero-order valence-corrected chi connectivity index (χ0v) is 18.3. The maximum atomic E-state index is 12.8. The second kappa shape index (κ2) is 11.0. The first-order valence-electron chi connectivity index (χ1n) is 9.80. The lowest BCUT2D eigenvalue weighted by atomic mass is 10.0. The van der Waals surface area contributed by atoms with E-state index in [2.05, 4.69) is 25.2 Å². The van der Waals surface area contributed by atoms with Crippen molar-refractivity contribution in [2.45, 2.75) is 19.9 Å². The van der Waals surface area contributed by atoms with Crippen molar-refractivity contribution in [3.05, 3.63) is 41.6 Å². The topological polar surface area (TPSA) is 137 Å². The van der Waals surface area contributed by atoms with Crippen LogP contribution in [0.15, 0.2) is 35.5 Å². The standard InChI is InChI=1S/C19H25N7O.C2H4O2/c1-25(2)9-4-10-26(3)18(27)17-15-11-14(6-5-13(15)12-22-17)23-16-7-8-21-19(20)24-16;1-2(3)4/h5-8,11H,4,9-10,12H2,1-3H3,(H3,20,21,23,24);1H3,(H,3,4). The summed E-state index contributed by atoms with van der Waals surface area (Å²) in [7, 11) is 5.88. The molecule has 1 aliphatic heterocycles. The van der Waals surface area contributed by atoms with Gasteiger partial charge in [0, 0.05) is 38.0 Å². The number of aliphatic imine (C=N–C) groups is 1. The third-order valence-electron chi connectivity index (χ3n) is 4.37. The first kappa shape index (κ1) is 23.7. The van der Waals surface area contributed by atoms with Crippen molar-refractivity contribution in [2.75, 3.05) is 45.3 Å². The Hall–Kier alpha value is -3.53. The maximum Gasteiger partial charge on any atom is 0.300 e. The minimum atomic E-state index is -0.833. The number of fused-ring (bicyclic) bond motifs is 1. The molecule has 3 rings (SSSR count). The molecule has 0 saturated carbocycles. The summed E-state index contributed by atoms with van der Waals surface area (Å²) in [6.07, 6.45) is 2.52. The lowest BCUT2D eigenvalue weighted by Crippen LogP contribution is -2.35. The van der Waals surface area contributed by atoms with Crippen LogP contribution in [0.4, 0.5) is 17.5 Å². The van der Waals surface area contributed by atoms with E-state index in [-0.39, 0.29) is 11.9 Å². The van der Waals surface area contributed by atoms with Gasteiger partial charge in [-0.2, -0.15) is 4.98 Å². The van der Waals surface area contributed by atoms with Gasteiger partial charge >= 0.3 is 0 Å². The summed E-state index contributed by atoms with van der Waals surface area (Å²) in [5.41, 5.74) is 8.88. The fourth-order valence-corrected chi connectivity index (χ4v) is 2.94. The molecule has 1 aromatic carbocycles. The molecule has 0 saturated heterocycles. The summed E-state index contributed by atoms with van der Waals surface area (Å²) in [6.45, 7) is 3.25. The number of nitrogen functional groups attached to an aromatic ring is 1. The summed E-state index contributed by atoms with van der Waals surface area (Å²) in [5.74, 6) is -0.0695. The molecule has 10 heteroatoms. The van der Waals surface area contributed by atoms with Crippen LogP contribution in [0.2, 0.25) is 0 Å². The van der Waals surface area contributed by atoms with Crippen LogP contribution in [0.25, 0.3) is 0 Å². The highest BCUT2D eigenvalue weighted by atomic mass is 16.4. The molecule has 4 N–H and O–H groups in total. The number of nitrogens with one attached hydrogen (secondary N) is 1. The molecule has 0 aliphatic carbocycles. The van der Waals surface area contributed by atoms with Gasteiger partial charge in [0.05, 0.1) is 6.54 Å². The van der Waals surface area contributed by atoms with Crippen LogP contribution in [0.5, 0.6) is 0 Å². The molecule has 0 unspecified atom stereocenters. The quantitative estimate of drug-likeness (QED) is 0.606. The predicted octanol–water partition coefficient (Wildman–Crippen LogP) is 1.61. The van der Waals surface area contributed by atoms with E-state index in [4.69, 9.17) is 15.6 Å². The molecule has 2 heterocycles. The number of aliphatic carboxylic acids is 1. The number of carbonyl (C=O) groups excluding carboxylic acids is 1. The first-order chi connectivity index (χ1) is 14.7. The van der Waals surface area contributed by atoms with Gasteiger partial charge in [-0.1, -0.05) is 6.07 Å². The third kappa shape index (κ3) is 7.34. The number of hydrogen-bond acceptors (Lipinski definition) is 8. The molecule has 0 spiro atoms. The van der Waals surface area contributed by atoms with Gasteiger partial charge in [0.1, 0.15) is 11.5 Å². The monoisotopic (exact) mass is 427 g/mol. The van der Waals surface area contributed by atoms with Crippen LogP contribution < -0.4 is 11.1 Å². The van der Waals surface area contributed by atoms with E-state index in [1.807, 2.05) is 39.3 Å². The zero-order valence-electron chi connectivity index (χ0n) is 18.3. The zero-order chi connectivity index (χ0) is 23.0. The Bertz CT molecular complexity index is 956. The maximum absolute atomic E-state index is 12.8. The number of hydrogen-bond donors (Lipinski definition) is 3. The normalized spacial score (nSPS) is 11.8. The lowest BCUT2D eigenvalue weighted by Gasteiger charge is -2.19. The molecule has 10 nitrogen and oxygen atoms in total. The van der Waals surface area contributed by atoms with Crippen molar-refractivity contribution in [3.8, 4) is 0 Å². The smallest absolute Gasteiger partial charge is 0.300 e. The van der Waals surface area contributed by atoms with Gasteiger partial charge in [0.2, 0.25) is 5.95 Å². The van der Waals surface area contributed by atoms with Gasteiger partial charge < -0.3 is 26.0 Å². The summed E-state index contributed by atoms with van der Waals surface area (Å²) in [4.78, 5) is 38.2. The molecule has 2 aromatic rings. The molecule has 1 aromatic heterocycles. The van der Waals surface area contributed by atoms with Crippen molar-refractivity contribution < 1.29 is 14.7 Å². The second-order valence-electron chi connectivity index (χ2n) is 7.36. The Morgan fingerprint density at radius 2 is 1.90 bits per heavy atom. The Kier molecular flexibility index (Phi) is 8.44. The average Bonchev–Trinajstić information content (AvgIpc) is 3.10. The minimum Gasteiger partial charge on any atom is -0.481 e. The van der Waals surface area contributed by atoms with E-state index in [9.17, 15) is 4.79 Å². The number of aromatic nitrogens is 2. The number of nitrogens with two attached hydrogens (primary N) is 1. The Balaban J connectivity index is 0.000000785. The van der Waals surface area contributed by atoms with E-state index in [1.165, 1.54) is 0 Å². The van der Waals surface area contributed by atoms with Crippen molar-refractivity contribution in [1.29, 1.82) is 0 Å². The van der Waals surface area contributed by atoms with Crippen LogP contribution in [-0.4, -0.2) is 76.7 Å². The molecule has 0 radical (unpaired) electrons. The van der Waals surface area contributed by atoms with E-state index < -0.39 is 5.97 Å². The van der Waals surface area contributed by atoms with Gasteiger partial charge in [0.15, 0.2) is 0 Å². The molecule has 166 valence electrons. The Morgan fingerprint density at radius 3 is 2.55 bits per heavy atom. The minimum absolute atomic E-state index is 0.0454. The fraction of sp³-hybridized carbons (Fsp3) is 0.381. The van der Waals surface area contributed by atoms with Crippen LogP contribution in [0.1, 0.15) is 24.5 Å². The number of amides is 1. The van der Waals surface area contributed by atoms with Crippen LogP contribution >= 0.6 is 0 Å². The van der Waals surface area contributed by atoms with Crippen molar-refractivity contribution in [1.82, 2.24) is 19.8 Å². The van der Waals surface area contributed by atoms with Gasteiger partial charge in [0.25, 0.3) is 11.9 Å². The van der Waals surface area contributed by atoms with Crippen LogP contribution in [0, 0.1) is 0 Å². The number of carbonyl (C=O) groups is 2. The summed E-state index contributed by atoms with van der Waals surface area (Å²) < 4.78 is 0. The molecule has 1 aliphatic rings. The molecule has 31 heavy (non-hydrogen) atoms. The van der Waals surface area contributed by atoms with Crippen LogP contribution in [0.3, 0.4) is 0 Å². The predicted molar refractivity (Wildman–Crippen MR) is 121 cm³/mol. The molecule has 0 fully saturated rings. The number of nitrogens with zero attached hydrogens (tertiary/aromatic N) is 5. The third-order valence-corrected chi connectivity index (χ3v) is 4.37. The number of carboxylic acid groups (broad SMARTS) is 1. The van der Waals surface area contributed by atoms with Crippen molar-refractivity contribution in [3.63, 3.8) is 0 Å². The number of anilines is 3. The van der Waals surface area contributed by atoms with Crippen molar-refractivity contribution in [2.24, 2.45) is 4.99 Å². The summed E-state index contributed by atoms with van der Waals surface area (Å²) in [6, 6.07) is 7.60. The SMILES string of the molecule is CC(=O)O.CN(C)CCCN(C)C(=O)C1=NCc2ccc(Nc3ccnc(N)n3)cc21. The first-order valence-corrected chi connectivity index (χ1v) is 9.80. The van der Waals surface area contributed by atoms with Crippen molar-refractivity contribution >= 4 is 35.0 Å². The van der Waals surface area contributed by atoms with Gasteiger partial charge in [-0.3, -0.25) is 14.6 Å². The Morgan fingerprint density at radius 1 is 1.19 bits per heavy atom. The van der Waals surface area contributed by atoms with Gasteiger partial charge in [-0.25, -0.2) is 4.98 Å². The summed E-state index contributed by atoms with van der Waals surface area (Å²) >= 11 is 0. The van der Waals surface area contributed by atoms with E-state index in [0.29, 0.717) is 24.6 Å². The molecular formula is C21H29N7O3. The highest BCUT2D eigenvalue weighted by Crippen LogP contribution is 2.25. The number of benzene rings is 1. The number of rotatable bonds is 7. The largest absolute Gasteiger partial charge is 0.481 e. The number of carboxylic acids is 1. The van der Waals surface area contributed by atoms with E-state index in [1.54, 1.807) is 17.2 Å². The highest BCUT2D eigenvalue weighted by Gasteiger charge is 2.25. The molecular weight excluding hydrogens is 398 g/mol. The summed E-state index contributed by atoms with van der Waals surface area (Å²) in [5, 5.41) is 10.6. The fourth-order valence-electron chi connectivity index (χ4n) is 2.94. The Labute approximate surface area is 181 Å². The van der Waals surface area contributed by atoms with E-state index in [0.717, 1.165) is 36.7 Å². The molecule has 0 atom stereocenters. The molecule has 1 amide bonds. The van der Waals surface area contributed by atoms with Gasteiger partial charge in [-0.05, 0) is 50.8 Å². The molecule has 0 bridgehead atoms. The van der Waals surface area contributed by atoms with E-state index >= 15 is 0 Å². The highest BCUT2D eigenvalue weighted by molar-refractivity contribution is 6.46.